The van der Waals surface area contributed by atoms with Crippen LogP contribution in [0.25, 0.3) is 11.1 Å². The van der Waals surface area contributed by atoms with E-state index in [1.807, 2.05) is 6.07 Å². The maximum absolute atomic E-state index is 15.2. The number of unbranched alkanes of at least 4 members (excludes halogenated alkanes) is 2. The number of hydrogen-bond donors (Lipinski definition) is 2. The molecule has 0 spiro atoms. The third-order valence-corrected chi connectivity index (χ3v) is 8.58. The van der Waals surface area contributed by atoms with E-state index in [2.05, 4.69) is 49.2 Å². The molecule has 2 N–H and O–H groups in total. The van der Waals surface area contributed by atoms with Crippen LogP contribution in [0.15, 0.2) is 55.1 Å². The lowest BCUT2D eigenvalue weighted by molar-refractivity contribution is 0.153. The minimum absolute atomic E-state index is 0.120. The van der Waals surface area contributed by atoms with Crippen molar-refractivity contribution in [1.29, 1.82) is 0 Å². The molecule has 1 atom stereocenters. The van der Waals surface area contributed by atoms with Gasteiger partial charge < -0.3 is 5.11 Å². The number of rotatable bonds is 10. The van der Waals surface area contributed by atoms with Gasteiger partial charge in [0, 0.05) is 11.6 Å². The molecule has 0 heterocycles. The molecule has 2 aliphatic rings. The SMILES string of the molecule is C=CC(O)NC1CCC(c2ccc(-c3ccc(C4CCC(CCCCC)CC4)cc3)c(F)c2)CC1. The molecule has 35 heavy (non-hydrogen) atoms. The van der Waals surface area contributed by atoms with Gasteiger partial charge in [0.25, 0.3) is 0 Å². The van der Waals surface area contributed by atoms with E-state index in [1.165, 1.54) is 63.0 Å². The van der Waals surface area contributed by atoms with E-state index in [0.717, 1.165) is 42.7 Å². The normalized spacial score (nSPS) is 25.8. The minimum atomic E-state index is -0.648. The Balaban J connectivity index is 1.32. The van der Waals surface area contributed by atoms with Gasteiger partial charge in [-0.2, -0.15) is 0 Å². The second-order valence-corrected chi connectivity index (χ2v) is 11.0. The van der Waals surface area contributed by atoms with Crippen molar-refractivity contribution >= 4 is 0 Å². The molecule has 0 radical (unpaired) electrons. The van der Waals surface area contributed by atoms with E-state index in [1.54, 1.807) is 6.07 Å². The molecule has 4 rings (SSSR count). The summed E-state index contributed by atoms with van der Waals surface area (Å²) in [4.78, 5) is 0. The van der Waals surface area contributed by atoms with Crippen molar-refractivity contribution < 1.29 is 9.50 Å². The van der Waals surface area contributed by atoms with Crippen molar-refractivity contribution in [3.8, 4) is 11.1 Å². The smallest absolute Gasteiger partial charge is 0.131 e. The van der Waals surface area contributed by atoms with Gasteiger partial charge in [-0.15, -0.1) is 0 Å². The lowest BCUT2D eigenvalue weighted by atomic mass is 9.77. The monoisotopic (exact) mass is 477 g/mol. The highest BCUT2D eigenvalue weighted by atomic mass is 19.1. The standard InChI is InChI=1S/C32H44FNO/c1-3-5-6-7-23-8-10-24(11-9-23)25-12-14-27(15-13-25)30-21-18-28(22-31(30)33)26-16-19-29(20-17-26)34-32(35)4-2/h4,12-15,18,21-24,26,29,32,34-35H,2-3,5-11,16-17,19-20H2,1H3. The maximum Gasteiger partial charge on any atom is 0.131 e. The summed E-state index contributed by atoms with van der Waals surface area (Å²) in [7, 11) is 0. The molecule has 2 saturated carbocycles. The molecule has 190 valence electrons. The van der Waals surface area contributed by atoms with Gasteiger partial charge in [-0.25, -0.2) is 4.39 Å². The second-order valence-electron chi connectivity index (χ2n) is 11.0. The minimum Gasteiger partial charge on any atom is -0.375 e. The third-order valence-electron chi connectivity index (χ3n) is 8.58. The van der Waals surface area contributed by atoms with Gasteiger partial charge in [0.05, 0.1) is 0 Å². The Kier molecular flexibility index (Phi) is 9.57. The first-order valence-corrected chi connectivity index (χ1v) is 14.0. The van der Waals surface area contributed by atoms with Crippen LogP contribution in [0.2, 0.25) is 0 Å². The van der Waals surface area contributed by atoms with E-state index in [9.17, 15) is 5.11 Å². The van der Waals surface area contributed by atoms with Gasteiger partial charge in [-0.05, 0) is 98.0 Å². The molecule has 0 aromatic heterocycles. The van der Waals surface area contributed by atoms with Crippen LogP contribution < -0.4 is 5.32 Å². The first-order valence-electron chi connectivity index (χ1n) is 14.0. The zero-order valence-corrected chi connectivity index (χ0v) is 21.5. The Morgan fingerprint density at radius 1 is 0.914 bits per heavy atom. The summed E-state index contributed by atoms with van der Waals surface area (Å²) in [6.07, 6.45) is 15.7. The fraction of sp³-hybridized carbons (Fsp3) is 0.562. The van der Waals surface area contributed by atoms with Crippen LogP contribution in [-0.4, -0.2) is 17.4 Å². The van der Waals surface area contributed by atoms with Crippen LogP contribution in [0.4, 0.5) is 4.39 Å². The molecule has 0 amide bonds. The van der Waals surface area contributed by atoms with Gasteiger partial charge in [-0.1, -0.05) is 75.6 Å². The van der Waals surface area contributed by atoms with Crippen molar-refractivity contribution in [2.75, 3.05) is 0 Å². The first-order chi connectivity index (χ1) is 17.1. The maximum atomic E-state index is 15.2. The summed E-state index contributed by atoms with van der Waals surface area (Å²) in [6.45, 7) is 5.90. The summed E-state index contributed by atoms with van der Waals surface area (Å²) >= 11 is 0. The molecular weight excluding hydrogens is 433 g/mol. The van der Waals surface area contributed by atoms with Gasteiger partial charge >= 0.3 is 0 Å². The molecule has 3 heteroatoms. The third kappa shape index (κ3) is 7.05. The Bertz CT molecular complexity index is 923. The Morgan fingerprint density at radius 2 is 1.54 bits per heavy atom. The highest BCUT2D eigenvalue weighted by Gasteiger charge is 2.24. The Labute approximate surface area is 212 Å². The van der Waals surface area contributed by atoms with Crippen LogP contribution in [-0.2, 0) is 0 Å². The van der Waals surface area contributed by atoms with E-state index >= 15 is 4.39 Å². The zero-order valence-electron chi connectivity index (χ0n) is 21.5. The summed E-state index contributed by atoms with van der Waals surface area (Å²) in [5.74, 6) is 1.85. The summed E-state index contributed by atoms with van der Waals surface area (Å²) in [6, 6.07) is 14.8. The van der Waals surface area contributed by atoms with Crippen molar-refractivity contribution in [2.45, 2.75) is 108 Å². The van der Waals surface area contributed by atoms with Crippen LogP contribution >= 0.6 is 0 Å². The highest BCUT2D eigenvalue weighted by molar-refractivity contribution is 5.65. The topological polar surface area (TPSA) is 32.3 Å². The molecule has 2 aliphatic carbocycles. The lowest BCUT2D eigenvalue weighted by Crippen LogP contribution is -2.39. The average molecular weight is 478 g/mol. The van der Waals surface area contributed by atoms with Crippen molar-refractivity contribution in [2.24, 2.45) is 5.92 Å². The largest absolute Gasteiger partial charge is 0.375 e. The van der Waals surface area contributed by atoms with Gasteiger partial charge in [0.1, 0.15) is 12.0 Å². The predicted octanol–water partition coefficient (Wildman–Crippen LogP) is 8.47. The van der Waals surface area contributed by atoms with Crippen LogP contribution in [0.5, 0.6) is 0 Å². The molecule has 2 fully saturated rings. The van der Waals surface area contributed by atoms with Crippen molar-refractivity contribution in [3.63, 3.8) is 0 Å². The quantitative estimate of drug-likeness (QED) is 0.204. The van der Waals surface area contributed by atoms with Crippen LogP contribution in [0, 0.1) is 11.7 Å². The molecule has 0 saturated heterocycles. The average Bonchev–Trinajstić information content (AvgIpc) is 2.90. The number of halogens is 1. The number of nitrogens with one attached hydrogen (secondary N) is 1. The van der Waals surface area contributed by atoms with Gasteiger partial charge in [-0.3, -0.25) is 5.32 Å². The zero-order chi connectivity index (χ0) is 24.6. The van der Waals surface area contributed by atoms with E-state index < -0.39 is 6.23 Å². The summed E-state index contributed by atoms with van der Waals surface area (Å²) < 4.78 is 15.2. The van der Waals surface area contributed by atoms with E-state index in [4.69, 9.17) is 0 Å². The number of aliphatic hydroxyl groups is 1. The fourth-order valence-corrected chi connectivity index (χ4v) is 6.32. The van der Waals surface area contributed by atoms with E-state index in [-0.39, 0.29) is 5.82 Å². The Morgan fingerprint density at radius 3 is 2.17 bits per heavy atom. The van der Waals surface area contributed by atoms with Crippen LogP contribution in [0.3, 0.4) is 0 Å². The van der Waals surface area contributed by atoms with Crippen molar-refractivity contribution in [3.05, 3.63) is 72.1 Å². The second kappa shape index (κ2) is 12.8. The molecule has 2 aromatic rings. The summed E-state index contributed by atoms with van der Waals surface area (Å²) in [5.41, 5.74) is 4.19. The lowest BCUT2D eigenvalue weighted by Gasteiger charge is -2.30. The molecule has 0 bridgehead atoms. The van der Waals surface area contributed by atoms with Crippen molar-refractivity contribution in [1.82, 2.24) is 5.32 Å². The van der Waals surface area contributed by atoms with Crippen LogP contribution in [0.1, 0.15) is 107 Å². The highest BCUT2D eigenvalue weighted by Crippen LogP contribution is 2.39. The van der Waals surface area contributed by atoms with E-state index in [0.29, 0.717) is 23.4 Å². The number of benzene rings is 2. The van der Waals surface area contributed by atoms with Gasteiger partial charge in [0.15, 0.2) is 0 Å². The number of aliphatic hydroxyl groups excluding tert-OH is 1. The first kappa shape index (κ1) is 26.1. The molecule has 2 nitrogen and oxygen atoms in total. The Hall–Kier alpha value is -1.97. The molecule has 2 aromatic carbocycles. The predicted molar refractivity (Wildman–Crippen MR) is 145 cm³/mol. The molecule has 1 unspecified atom stereocenters. The van der Waals surface area contributed by atoms with Gasteiger partial charge in [0.2, 0.25) is 0 Å². The molecule has 0 aliphatic heterocycles. The fourth-order valence-electron chi connectivity index (χ4n) is 6.32. The number of hydrogen-bond acceptors (Lipinski definition) is 2. The molecular formula is C32H44FNO. The summed E-state index contributed by atoms with van der Waals surface area (Å²) in [5, 5.41) is 12.9.